The molecular weight excluding hydrogens is 338 g/mol. The molecule has 0 unspecified atom stereocenters. The minimum Gasteiger partial charge on any atom is -0.454 e. The van der Waals surface area contributed by atoms with Crippen molar-refractivity contribution >= 4 is 17.2 Å². The summed E-state index contributed by atoms with van der Waals surface area (Å²) in [7, 11) is 0. The fraction of sp³-hybridized carbons (Fsp3) is 0.0870. The van der Waals surface area contributed by atoms with Crippen LogP contribution in [0.15, 0.2) is 77.8 Å². The van der Waals surface area contributed by atoms with Gasteiger partial charge >= 0.3 is 0 Å². The zero-order valence-corrected chi connectivity index (χ0v) is 14.8. The van der Waals surface area contributed by atoms with Crippen LogP contribution in [0.3, 0.4) is 0 Å². The maximum atomic E-state index is 6.23. The van der Waals surface area contributed by atoms with Gasteiger partial charge in [-0.1, -0.05) is 42.0 Å². The zero-order valence-electron chi connectivity index (χ0n) is 14.8. The van der Waals surface area contributed by atoms with Gasteiger partial charge in [-0.3, -0.25) is 0 Å². The quantitative estimate of drug-likeness (QED) is 0.628. The Morgan fingerprint density at radius 3 is 2.44 bits per heavy atom. The van der Waals surface area contributed by atoms with Crippen molar-refractivity contribution in [2.75, 3.05) is 6.79 Å². The molecule has 0 atom stereocenters. The summed E-state index contributed by atoms with van der Waals surface area (Å²) in [6.07, 6.45) is 1.97. The Bertz CT molecular complexity index is 1080. The Morgan fingerprint density at radius 2 is 1.56 bits per heavy atom. The van der Waals surface area contributed by atoms with Crippen LogP contribution in [0.25, 0.3) is 5.76 Å². The highest BCUT2D eigenvalue weighted by atomic mass is 16.7. The van der Waals surface area contributed by atoms with E-state index in [-0.39, 0.29) is 6.79 Å². The van der Waals surface area contributed by atoms with Crippen LogP contribution >= 0.6 is 0 Å². The summed E-state index contributed by atoms with van der Waals surface area (Å²) < 4.78 is 17.2. The van der Waals surface area contributed by atoms with Gasteiger partial charge < -0.3 is 14.2 Å². The van der Waals surface area contributed by atoms with Crippen LogP contribution in [0.1, 0.15) is 16.7 Å². The first-order chi connectivity index (χ1) is 13.3. The van der Waals surface area contributed by atoms with Crippen LogP contribution in [0.2, 0.25) is 0 Å². The first-order valence-corrected chi connectivity index (χ1v) is 8.81. The molecule has 0 radical (unpaired) electrons. The summed E-state index contributed by atoms with van der Waals surface area (Å²) in [5.74, 6) is 2.92. The molecule has 0 amide bonds. The number of benzene rings is 3. The predicted molar refractivity (Wildman–Crippen MR) is 105 cm³/mol. The predicted octanol–water partition coefficient (Wildman–Crippen LogP) is 5.28. The van der Waals surface area contributed by atoms with Gasteiger partial charge in [0, 0.05) is 17.2 Å². The minimum absolute atomic E-state index is 0.248. The summed E-state index contributed by atoms with van der Waals surface area (Å²) in [4.78, 5) is 4.85. The molecule has 0 aromatic heterocycles. The number of aryl methyl sites for hydroxylation is 1. The molecule has 27 heavy (non-hydrogen) atoms. The Labute approximate surface area is 157 Å². The van der Waals surface area contributed by atoms with Gasteiger partial charge in [-0.2, -0.15) is 0 Å². The smallest absolute Gasteiger partial charge is 0.231 e. The number of allylic oxidation sites excluding steroid dienone is 1. The number of rotatable bonds is 2. The molecule has 4 heteroatoms. The van der Waals surface area contributed by atoms with Crippen molar-refractivity contribution in [3.8, 4) is 17.2 Å². The normalized spacial score (nSPS) is 14.6. The lowest BCUT2D eigenvalue weighted by Crippen LogP contribution is -2.00. The van der Waals surface area contributed by atoms with Crippen molar-refractivity contribution in [2.24, 2.45) is 4.99 Å². The van der Waals surface area contributed by atoms with Crippen LogP contribution in [-0.2, 0) is 0 Å². The highest BCUT2D eigenvalue weighted by Gasteiger charge is 2.19. The largest absolute Gasteiger partial charge is 0.454 e. The highest BCUT2D eigenvalue weighted by molar-refractivity contribution is 6.13. The van der Waals surface area contributed by atoms with E-state index < -0.39 is 0 Å². The Balaban J connectivity index is 1.64. The van der Waals surface area contributed by atoms with E-state index in [1.807, 2.05) is 48.5 Å². The van der Waals surface area contributed by atoms with Gasteiger partial charge in [-0.25, -0.2) is 4.99 Å². The summed E-state index contributed by atoms with van der Waals surface area (Å²) in [5, 5.41) is 0. The third kappa shape index (κ3) is 2.95. The maximum Gasteiger partial charge on any atom is 0.231 e. The lowest BCUT2D eigenvalue weighted by Gasteiger charge is -2.10. The molecule has 3 aromatic carbocycles. The highest BCUT2D eigenvalue weighted by Crippen LogP contribution is 2.38. The summed E-state index contributed by atoms with van der Waals surface area (Å²) in [5.41, 5.74) is 4.83. The molecule has 0 spiro atoms. The standard InChI is InChI=1S/C23H17NO3/c1-15-6-8-16(9-7-15)19-13-22(27-20-5-3-2-4-18(20)24-19)17-10-11-21-23(12-17)26-14-25-21/h2-13H,14H2,1H3. The molecule has 132 valence electrons. The lowest BCUT2D eigenvalue weighted by atomic mass is 10.1. The van der Waals surface area contributed by atoms with E-state index >= 15 is 0 Å². The van der Waals surface area contributed by atoms with Gasteiger partial charge in [-0.15, -0.1) is 0 Å². The average molecular weight is 355 g/mol. The van der Waals surface area contributed by atoms with Crippen molar-refractivity contribution in [2.45, 2.75) is 6.92 Å². The van der Waals surface area contributed by atoms with E-state index in [2.05, 4.69) is 31.2 Å². The third-order valence-corrected chi connectivity index (χ3v) is 4.60. The monoisotopic (exact) mass is 355 g/mol. The molecule has 0 saturated heterocycles. The van der Waals surface area contributed by atoms with Crippen LogP contribution in [0.4, 0.5) is 5.69 Å². The van der Waals surface area contributed by atoms with Crippen molar-refractivity contribution in [1.29, 1.82) is 0 Å². The van der Waals surface area contributed by atoms with E-state index in [1.54, 1.807) is 0 Å². The molecular formula is C23H17NO3. The third-order valence-electron chi connectivity index (χ3n) is 4.60. The lowest BCUT2D eigenvalue weighted by molar-refractivity contribution is 0.174. The minimum atomic E-state index is 0.248. The van der Waals surface area contributed by atoms with Crippen molar-refractivity contribution in [1.82, 2.24) is 0 Å². The van der Waals surface area contributed by atoms with Gasteiger partial charge in [0.15, 0.2) is 17.2 Å². The topological polar surface area (TPSA) is 40.0 Å². The molecule has 0 aliphatic carbocycles. The number of ether oxygens (including phenoxy) is 3. The second-order valence-corrected chi connectivity index (χ2v) is 6.51. The molecule has 2 aliphatic rings. The molecule has 3 aromatic rings. The van der Waals surface area contributed by atoms with E-state index in [4.69, 9.17) is 19.2 Å². The first kappa shape index (κ1) is 15.7. The van der Waals surface area contributed by atoms with E-state index in [1.165, 1.54) is 5.56 Å². The van der Waals surface area contributed by atoms with Gasteiger partial charge in [-0.05, 0) is 37.3 Å². The van der Waals surface area contributed by atoms with Crippen molar-refractivity contribution < 1.29 is 14.2 Å². The Morgan fingerprint density at radius 1 is 0.778 bits per heavy atom. The fourth-order valence-electron chi connectivity index (χ4n) is 3.13. The molecule has 2 heterocycles. The molecule has 0 saturated carbocycles. The van der Waals surface area contributed by atoms with Crippen LogP contribution in [0, 0.1) is 6.92 Å². The number of nitrogens with zero attached hydrogens (tertiary/aromatic N) is 1. The summed E-state index contributed by atoms with van der Waals surface area (Å²) >= 11 is 0. The molecule has 0 fully saturated rings. The number of hydrogen-bond acceptors (Lipinski definition) is 4. The van der Waals surface area contributed by atoms with Gasteiger partial charge in [0.25, 0.3) is 0 Å². The fourth-order valence-corrected chi connectivity index (χ4v) is 3.13. The van der Waals surface area contributed by atoms with E-state index in [0.717, 1.165) is 45.5 Å². The van der Waals surface area contributed by atoms with E-state index in [0.29, 0.717) is 0 Å². The molecule has 0 bridgehead atoms. The number of fused-ring (bicyclic) bond motifs is 2. The summed E-state index contributed by atoms with van der Waals surface area (Å²) in [6.45, 7) is 2.32. The Kier molecular flexibility index (Phi) is 3.68. The number of hydrogen-bond donors (Lipinski definition) is 0. The SMILES string of the molecule is Cc1ccc(C2=Nc3ccccc3OC(c3ccc4c(c3)OCO4)=C2)cc1. The van der Waals surface area contributed by atoms with Crippen molar-refractivity contribution in [3.05, 3.63) is 89.5 Å². The van der Waals surface area contributed by atoms with Gasteiger partial charge in [0.2, 0.25) is 6.79 Å². The number of para-hydroxylation sites is 2. The molecule has 0 N–H and O–H groups in total. The molecule has 2 aliphatic heterocycles. The van der Waals surface area contributed by atoms with Gasteiger partial charge in [0.1, 0.15) is 11.4 Å². The average Bonchev–Trinajstić information content (AvgIpc) is 3.07. The van der Waals surface area contributed by atoms with Crippen molar-refractivity contribution in [3.63, 3.8) is 0 Å². The maximum absolute atomic E-state index is 6.23. The van der Waals surface area contributed by atoms with Crippen LogP contribution < -0.4 is 14.2 Å². The van der Waals surface area contributed by atoms with Gasteiger partial charge in [0.05, 0.1) is 5.71 Å². The van der Waals surface area contributed by atoms with Crippen LogP contribution in [0.5, 0.6) is 17.2 Å². The summed E-state index contributed by atoms with van der Waals surface area (Å²) in [6, 6.07) is 21.9. The van der Waals surface area contributed by atoms with Crippen LogP contribution in [-0.4, -0.2) is 12.5 Å². The molecule has 4 nitrogen and oxygen atoms in total. The second-order valence-electron chi connectivity index (χ2n) is 6.51. The second kappa shape index (κ2) is 6.32. The molecule has 5 rings (SSSR count). The first-order valence-electron chi connectivity index (χ1n) is 8.81. The number of aliphatic imine (C=N–C) groups is 1. The van der Waals surface area contributed by atoms with E-state index in [9.17, 15) is 0 Å². The zero-order chi connectivity index (χ0) is 18.2. The Hall–Kier alpha value is -3.53.